The molecular formula is C19H27N5O2S. The molecule has 4 N–H and O–H groups in total. The summed E-state index contributed by atoms with van der Waals surface area (Å²) in [5.41, 5.74) is 6.41. The number of hydrogen-bond donors (Lipinski definition) is 3. The summed E-state index contributed by atoms with van der Waals surface area (Å²) in [7, 11) is 1.61. The Morgan fingerprint density at radius 1 is 1.33 bits per heavy atom. The van der Waals surface area contributed by atoms with Crippen LogP contribution < -0.4 is 16.4 Å². The van der Waals surface area contributed by atoms with Gasteiger partial charge in [0.1, 0.15) is 0 Å². The zero-order valence-electron chi connectivity index (χ0n) is 16.0. The predicted molar refractivity (Wildman–Crippen MR) is 110 cm³/mol. The lowest BCUT2D eigenvalue weighted by Crippen LogP contribution is -2.43. The van der Waals surface area contributed by atoms with E-state index in [9.17, 15) is 9.59 Å². The average molecular weight is 390 g/mol. The molecule has 1 aromatic carbocycles. The first-order valence-electron chi connectivity index (χ1n) is 9.12. The van der Waals surface area contributed by atoms with Gasteiger partial charge in [-0.3, -0.25) is 14.6 Å². The summed E-state index contributed by atoms with van der Waals surface area (Å²) >= 11 is 1.36. The molecule has 0 radical (unpaired) electrons. The van der Waals surface area contributed by atoms with E-state index in [2.05, 4.69) is 20.6 Å². The maximum absolute atomic E-state index is 13.0. The van der Waals surface area contributed by atoms with E-state index in [1.807, 2.05) is 38.1 Å². The smallest absolute Gasteiger partial charge is 0.223 e. The number of guanidine groups is 1. The van der Waals surface area contributed by atoms with Crippen LogP contribution in [0.25, 0.3) is 10.2 Å². The van der Waals surface area contributed by atoms with Crippen LogP contribution in [0.3, 0.4) is 0 Å². The number of thiazole rings is 1. The lowest BCUT2D eigenvalue weighted by atomic mass is 10.0. The lowest BCUT2D eigenvalue weighted by Gasteiger charge is -2.19. The third kappa shape index (κ3) is 5.75. The number of ketones is 1. The van der Waals surface area contributed by atoms with E-state index in [-0.39, 0.29) is 17.6 Å². The Kier molecular flexibility index (Phi) is 7.72. The van der Waals surface area contributed by atoms with Crippen LogP contribution in [0.5, 0.6) is 0 Å². The van der Waals surface area contributed by atoms with Crippen molar-refractivity contribution in [2.75, 3.05) is 13.6 Å². The van der Waals surface area contributed by atoms with Crippen molar-refractivity contribution in [3.8, 4) is 0 Å². The van der Waals surface area contributed by atoms with Gasteiger partial charge in [-0.05, 0) is 31.4 Å². The summed E-state index contributed by atoms with van der Waals surface area (Å²) in [4.78, 5) is 33.6. The first-order valence-corrected chi connectivity index (χ1v) is 9.94. The van der Waals surface area contributed by atoms with Gasteiger partial charge in [0.2, 0.25) is 11.7 Å². The van der Waals surface area contributed by atoms with Crippen LogP contribution >= 0.6 is 11.3 Å². The highest BCUT2D eigenvalue weighted by Crippen LogP contribution is 2.23. The SMILES string of the molecule is CC[C@H](C)C(=O)N[C@@H](CCCNC(N)=NC)C(=O)c1nc2ccccc2s1. The van der Waals surface area contributed by atoms with Gasteiger partial charge in [0.15, 0.2) is 11.0 Å². The van der Waals surface area contributed by atoms with Crippen molar-refractivity contribution in [3.63, 3.8) is 0 Å². The Morgan fingerprint density at radius 3 is 2.74 bits per heavy atom. The number of fused-ring (bicyclic) bond motifs is 1. The van der Waals surface area contributed by atoms with Crippen LogP contribution in [0.1, 0.15) is 42.9 Å². The number of rotatable bonds is 9. The van der Waals surface area contributed by atoms with Crippen LogP contribution in [0.2, 0.25) is 0 Å². The second-order valence-electron chi connectivity index (χ2n) is 6.40. The molecule has 0 aliphatic heterocycles. The molecule has 2 atom stereocenters. The summed E-state index contributed by atoms with van der Waals surface area (Å²) in [6.45, 7) is 4.38. The third-order valence-electron chi connectivity index (χ3n) is 4.41. The molecule has 8 heteroatoms. The fraction of sp³-hybridized carbons (Fsp3) is 0.474. The zero-order valence-corrected chi connectivity index (χ0v) is 16.8. The lowest BCUT2D eigenvalue weighted by molar-refractivity contribution is -0.125. The number of aromatic nitrogens is 1. The summed E-state index contributed by atoms with van der Waals surface area (Å²) in [5.74, 6) is -0.0473. The first kappa shape index (κ1) is 20.8. The summed E-state index contributed by atoms with van der Waals surface area (Å²) in [6.07, 6.45) is 1.89. The van der Waals surface area contributed by atoms with E-state index >= 15 is 0 Å². The highest BCUT2D eigenvalue weighted by molar-refractivity contribution is 7.20. The molecule has 0 unspecified atom stereocenters. The third-order valence-corrected chi connectivity index (χ3v) is 5.47. The molecule has 0 saturated heterocycles. The van der Waals surface area contributed by atoms with Crippen molar-refractivity contribution >= 4 is 39.2 Å². The molecular weight excluding hydrogens is 362 g/mol. The van der Waals surface area contributed by atoms with Crippen molar-refractivity contribution in [2.24, 2.45) is 16.6 Å². The minimum Gasteiger partial charge on any atom is -0.370 e. The van der Waals surface area contributed by atoms with Crippen LogP contribution in [0.15, 0.2) is 29.3 Å². The van der Waals surface area contributed by atoms with Gasteiger partial charge in [0.25, 0.3) is 0 Å². The summed E-state index contributed by atoms with van der Waals surface area (Å²) < 4.78 is 0.960. The maximum atomic E-state index is 13.0. The van der Waals surface area contributed by atoms with Gasteiger partial charge < -0.3 is 16.4 Å². The number of amides is 1. The second kappa shape index (κ2) is 10.0. The number of aliphatic imine (C=N–C) groups is 1. The van der Waals surface area contributed by atoms with E-state index < -0.39 is 6.04 Å². The number of Topliss-reactive ketones (excluding diaryl/α,β-unsaturated/α-hetero) is 1. The molecule has 0 bridgehead atoms. The van der Waals surface area contributed by atoms with Gasteiger partial charge >= 0.3 is 0 Å². The Hall–Kier alpha value is -2.48. The molecule has 2 aromatic rings. The number of nitrogens with zero attached hydrogens (tertiary/aromatic N) is 2. The molecule has 0 fully saturated rings. The van der Waals surface area contributed by atoms with Gasteiger partial charge in [-0.15, -0.1) is 11.3 Å². The molecule has 2 rings (SSSR count). The van der Waals surface area contributed by atoms with Crippen molar-refractivity contribution < 1.29 is 9.59 Å². The molecule has 0 aliphatic carbocycles. The van der Waals surface area contributed by atoms with Crippen molar-refractivity contribution in [1.29, 1.82) is 0 Å². The van der Waals surface area contributed by atoms with E-state index in [1.54, 1.807) is 7.05 Å². The van der Waals surface area contributed by atoms with Crippen molar-refractivity contribution in [1.82, 2.24) is 15.6 Å². The predicted octanol–water partition coefficient (Wildman–Crippen LogP) is 2.32. The number of carbonyl (C=O) groups excluding carboxylic acids is 2. The number of hydrogen-bond acceptors (Lipinski definition) is 5. The molecule has 1 amide bonds. The van der Waals surface area contributed by atoms with E-state index in [0.29, 0.717) is 30.4 Å². The standard InChI is InChI=1S/C19H27N5O2S/c1-4-12(2)17(26)23-14(9-7-11-22-19(20)21-3)16(25)18-24-13-8-5-6-10-15(13)27-18/h5-6,8,10,12,14H,4,7,9,11H2,1-3H3,(H,23,26)(H3,20,21,22)/t12-,14-/m0/s1. The Morgan fingerprint density at radius 2 is 2.07 bits per heavy atom. The van der Waals surface area contributed by atoms with Gasteiger partial charge in [-0.25, -0.2) is 4.98 Å². The van der Waals surface area contributed by atoms with Crippen LogP contribution in [-0.2, 0) is 4.79 Å². The summed E-state index contributed by atoms with van der Waals surface area (Å²) in [5, 5.41) is 6.29. The molecule has 0 aliphatic rings. The van der Waals surface area contributed by atoms with Crippen molar-refractivity contribution in [3.05, 3.63) is 29.3 Å². The van der Waals surface area contributed by atoms with Crippen LogP contribution in [-0.4, -0.2) is 42.3 Å². The number of carbonyl (C=O) groups is 2. The van der Waals surface area contributed by atoms with E-state index in [0.717, 1.165) is 16.6 Å². The molecule has 27 heavy (non-hydrogen) atoms. The highest BCUT2D eigenvalue weighted by atomic mass is 32.1. The van der Waals surface area contributed by atoms with Crippen molar-refractivity contribution in [2.45, 2.75) is 39.2 Å². The molecule has 146 valence electrons. The normalized spacial score (nSPS) is 14.0. The number of nitrogens with one attached hydrogen (secondary N) is 2. The highest BCUT2D eigenvalue weighted by Gasteiger charge is 2.26. The maximum Gasteiger partial charge on any atom is 0.223 e. The fourth-order valence-electron chi connectivity index (χ4n) is 2.50. The second-order valence-corrected chi connectivity index (χ2v) is 7.43. The molecule has 7 nitrogen and oxygen atoms in total. The topological polar surface area (TPSA) is 109 Å². The quantitative estimate of drug-likeness (QED) is 0.264. The van der Waals surface area contributed by atoms with Crippen LogP contribution in [0, 0.1) is 5.92 Å². The number of para-hydroxylation sites is 1. The van der Waals surface area contributed by atoms with Gasteiger partial charge in [0, 0.05) is 19.5 Å². The fourth-order valence-corrected chi connectivity index (χ4v) is 3.46. The average Bonchev–Trinajstić information content (AvgIpc) is 3.12. The minimum absolute atomic E-state index is 0.112. The minimum atomic E-state index is -0.603. The van der Waals surface area contributed by atoms with Gasteiger partial charge in [0.05, 0.1) is 16.3 Å². The number of benzene rings is 1. The van der Waals surface area contributed by atoms with Crippen LogP contribution in [0.4, 0.5) is 0 Å². The number of nitrogens with two attached hydrogens (primary N) is 1. The molecule has 1 heterocycles. The Labute approximate surface area is 163 Å². The summed E-state index contributed by atoms with van der Waals surface area (Å²) in [6, 6.07) is 7.03. The Bertz CT molecular complexity index is 784. The molecule has 0 saturated carbocycles. The van der Waals surface area contributed by atoms with E-state index in [4.69, 9.17) is 5.73 Å². The first-order chi connectivity index (χ1) is 13.0. The molecule has 0 spiro atoms. The van der Waals surface area contributed by atoms with Gasteiger partial charge in [-0.2, -0.15) is 0 Å². The Balaban J connectivity index is 2.11. The van der Waals surface area contributed by atoms with E-state index in [1.165, 1.54) is 11.3 Å². The largest absolute Gasteiger partial charge is 0.370 e. The zero-order chi connectivity index (χ0) is 19.8. The van der Waals surface area contributed by atoms with Gasteiger partial charge in [-0.1, -0.05) is 26.0 Å². The molecule has 1 aromatic heterocycles. The monoisotopic (exact) mass is 389 g/mol.